The molecule has 2 unspecified atom stereocenters. The van der Waals surface area contributed by atoms with Gasteiger partial charge in [-0.1, -0.05) is 30.3 Å². The lowest BCUT2D eigenvalue weighted by molar-refractivity contribution is -0.123. The molecule has 0 saturated carbocycles. The van der Waals surface area contributed by atoms with Crippen LogP contribution in [0.25, 0.3) is 0 Å². The summed E-state index contributed by atoms with van der Waals surface area (Å²) in [6, 6.07) is 21.6. The van der Waals surface area contributed by atoms with E-state index in [4.69, 9.17) is 18.9 Å². The van der Waals surface area contributed by atoms with Gasteiger partial charge >= 0.3 is 0 Å². The molecule has 0 radical (unpaired) electrons. The average Bonchev–Trinajstić information content (AvgIpc) is 3.55. The zero-order valence-corrected chi connectivity index (χ0v) is 21.4. The van der Waals surface area contributed by atoms with Crippen LogP contribution in [0.5, 0.6) is 17.2 Å². The molecule has 2 aliphatic rings. The molecule has 2 aliphatic heterocycles. The first kappa shape index (κ1) is 25.1. The number of benzene rings is 3. The number of aryl methyl sites for hydroxylation is 2. The summed E-state index contributed by atoms with van der Waals surface area (Å²) in [4.78, 5) is 15.8. The van der Waals surface area contributed by atoms with Crippen molar-refractivity contribution in [3.8, 4) is 17.2 Å². The summed E-state index contributed by atoms with van der Waals surface area (Å²) in [5.74, 6) is 1.99. The Balaban J connectivity index is 1.38. The molecule has 0 aliphatic carbocycles. The highest BCUT2D eigenvalue weighted by Gasteiger charge is 2.28. The molecule has 37 heavy (non-hydrogen) atoms. The quantitative estimate of drug-likeness (QED) is 0.416. The highest BCUT2D eigenvalue weighted by molar-refractivity contribution is 5.94. The van der Waals surface area contributed by atoms with E-state index in [1.54, 1.807) is 0 Å². The Labute approximate surface area is 218 Å². The van der Waals surface area contributed by atoms with E-state index in [0.717, 1.165) is 53.3 Å². The van der Waals surface area contributed by atoms with Crippen molar-refractivity contribution in [3.05, 3.63) is 83.4 Å². The smallest absolute Gasteiger partial charge is 0.266 e. The minimum Gasteiger partial charge on any atom is -0.479 e. The van der Waals surface area contributed by atoms with Crippen molar-refractivity contribution >= 4 is 11.6 Å². The number of nitrogens with one attached hydrogen (secondary N) is 1. The Morgan fingerprint density at radius 2 is 1.84 bits per heavy atom. The summed E-state index contributed by atoms with van der Waals surface area (Å²) in [6.07, 6.45) is 1.47. The van der Waals surface area contributed by atoms with Gasteiger partial charge in [-0.2, -0.15) is 0 Å². The zero-order chi connectivity index (χ0) is 25.6. The van der Waals surface area contributed by atoms with E-state index < -0.39 is 6.10 Å². The van der Waals surface area contributed by atoms with Crippen LogP contribution in [0.1, 0.15) is 29.5 Å². The fourth-order valence-electron chi connectivity index (χ4n) is 4.78. The lowest BCUT2D eigenvalue weighted by atomic mass is 10.1. The highest BCUT2D eigenvalue weighted by atomic mass is 16.7. The number of rotatable bonds is 10. The molecule has 2 atom stereocenters. The lowest BCUT2D eigenvalue weighted by Crippen LogP contribution is -2.45. The van der Waals surface area contributed by atoms with Gasteiger partial charge in [-0.05, 0) is 79.8 Å². The molecule has 0 spiro atoms. The number of carbonyl (C=O) groups excluding carboxylic acids is 1. The Kier molecular flexibility index (Phi) is 7.92. The Bertz CT molecular complexity index is 1220. The van der Waals surface area contributed by atoms with Crippen molar-refractivity contribution in [2.24, 2.45) is 0 Å². The van der Waals surface area contributed by atoms with Crippen LogP contribution in [0.4, 0.5) is 5.69 Å². The Morgan fingerprint density at radius 3 is 2.62 bits per heavy atom. The number of carbonyl (C=O) groups is 1. The van der Waals surface area contributed by atoms with Crippen molar-refractivity contribution in [2.45, 2.75) is 45.4 Å². The van der Waals surface area contributed by atoms with Crippen molar-refractivity contribution in [1.82, 2.24) is 4.90 Å². The summed E-state index contributed by atoms with van der Waals surface area (Å²) in [5.41, 5.74) is 3.99. The summed E-state index contributed by atoms with van der Waals surface area (Å²) >= 11 is 0. The number of hydrogen-bond donors (Lipinski definition) is 1. The van der Waals surface area contributed by atoms with Crippen LogP contribution < -0.4 is 19.5 Å². The van der Waals surface area contributed by atoms with Gasteiger partial charge in [0.2, 0.25) is 6.79 Å². The molecule has 3 aromatic rings. The monoisotopic (exact) mass is 502 g/mol. The first-order valence-corrected chi connectivity index (χ1v) is 12.9. The number of amides is 1. The number of hydrogen-bond acceptors (Lipinski definition) is 6. The van der Waals surface area contributed by atoms with E-state index in [2.05, 4.69) is 10.2 Å². The van der Waals surface area contributed by atoms with E-state index in [1.807, 2.05) is 80.6 Å². The molecule has 7 nitrogen and oxygen atoms in total. The molecular weight excluding hydrogens is 468 g/mol. The molecule has 0 aromatic heterocycles. The second kappa shape index (κ2) is 11.7. The second-order valence-corrected chi connectivity index (χ2v) is 9.80. The number of nitrogens with zero attached hydrogens (tertiary/aromatic N) is 1. The van der Waals surface area contributed by atoms with Crippen LogP contribution in [-0.2, 0) is 16.1 Å². The molecule has 1 N–H and O–H groups in total. The third-order valence-electron chi connectivity index (χ3n) is 6.60. The van der Waals surface area contributed by atoms with Crippen molar-refractivity contribution < 1.29 is 23.7 Å². The SMILES string of the molecule is Cc1cccc(NC(=O)C(CN(Cc2ccc3c(c2)OCO3)CC2CCCO2)Oc2cccc(C)c2)c1. The molecule has 0 bridgehead atoms. The molecule has 1 fully saturated rings. The summed E-state index contributed by atoms with van der Waals surface area (Å²) in [7, 11) is 0. The molecule has 5 rings (SSSR count). The molecule has 7 heteroatoms. The largest absolute Gasteiger partial charge is 0.479 e. The van der Waals surface area contributed by atoms with Crippen LogP contribution in [0, 0.1) is 13.8 Å². The van der Waals surface area contributed by atoms with Gasteiger partial charge < -0.3 is 24.3 Å². The highest BCUT2D eigenvalue weighted by Crippen LogP contribution is 2.33. The Morgan fingerprint density at radius 1 is 1.03 bits per heavy atom. The standard InChI is InChI=1S/C30H34N2O5/c1-21-6-3-8-24(14-21)31-30(33)29(37-25-9-4-7-22(2)15-25)19-32(18-26-10-5-13-34-26)17-23-11-12-27-28(16-23)36-20-35-27/h3-4,6-9,11-12,14-16,26,29H,5,10,13,17-20H2,1-2H3,(H,31,33). The van der Waals surface area contributed by atoms with Gasteiger partial charge in [0.15, 0.2) is 17.6 Å². The van der Waals surface area contributed by atoms with E-state index in [1.165, 1.54) is 0 Å². The summed E-state index contributed by atoms with van der Waals surface area (Å²) in [6.45, 7) is 6.77. The predicted molar refractivity (Wildman–Crippen MR) is 142 cm³/mol. The number of anilines is 1. The first-order valence-electron chi connectivity index (χ1n) is 12.9. The van der Waals surface area contributed by atoms with Gasteiger partial charge in [-0.15, -0.1) is 0 Å². The van der Waals surface area contributed by atoms with E-state index >= 15 is 0 Å². The van der Waals surface area contributed by atoms with Crippen LogP contribution in [0.3, 0.4) is 0 Å². The van der Waals surface area contributed by atoms with E-state index in [9.17, 15) is 4.79 Å². The van der Waals surface area contributed by atoms with Gasteiger partial charge in [0.25, 0.3) is 5.91 Å². The van der Waals surface area contributed by atoms with E-state index in [-0.39, 0.29) is 18.8 Å². The summed E-state index contributed by atoms with van der Waals surface area (Å²) < 4.78 is 23.3. The number of ether oxygens (including phenoxy) is 4. The molecule has 1 amide bonds. The Hall–Kier alpha value is -3.55. The summed E-state index contributed by atoms with van der Waals surface area (Å²) in [5, 5.41) is 3.06. The van der Waals surface area contributed by atoms with Crippen LogP contribution in [0.15, 0.2) is 66.7 Å². The van der Waals surface area contributed by atoms with Gasteiger partial charge in [-0.3, -0.25) is 9.69 Å². The van der Waals surface area contributed by atoms with Crippen LogP contribution in [0.2, 0.25) is 0 Å². The van der Waals surface area contributed by atoms with Gasteiger partial charge in [0.05, 0.1) is 6.10 Å². The zero-order valence-electron chi connectivity index (χ0n) is 21.4. The van der Waals surface area contributed by atoms with Gasteiger partial charge in [-0.25, -0.2) is 0 Å². The maximum atomic E-state index is 13.6. The van der Waals surface area contributed by atoms with Crippen molar-refractivity contribution in [3.63, 3.8) is 0 Å². The fourth-order valence-corrected chi connectivity index (χ4v) is 4.78. The second-order valence-electron chi connectivity index (χ2n) is 9.80. The first-order chi connectivity index (χ1) is 18.0. The minimum atomic E-state index is -0.724. The maximum Gasteiger partial charge on any atom is 0.266 e. The normalized spacial score (nSPS) is 17.1. The predicted octanol–water partition coefficient (Wildman–Crippen LogP) is 5.10. The third kappa shape index (κ3) is 6.81. The average molecular weight is 503 g/mol. The van der Waals surface area contributed by atoms with E-state index in [0.29, 0.717) is 25.4 Å². The topological polar surface area (TPSA) is 69.3 Å². The van der Waals surface area contributed by atoms with Gasteiger partial charge in [0, 0.05) is 31.9 Å². The van der Waals surface area contributed by atoms with Gasteiger partial charge in [0.1, 0.15) is 5.75 Å². The fraction of sp³-hybridized carbons (Fsp3) is 0.367. The van der Waals surface area contributed by atoms with Crippen molar-refractivity contribution in [1.29, 1.82) is 0 Å². The lowest BCUT2D eigenvalue weighted by Gasteiger charge is -2.29. The minimum absolute atomic E-state index is 0.133. The molecular formula is C30H34N2O5. The number of fused-ring (bicyclic) bond motifs is 1. The van der Waals surface area contributed by atoms with Crippen molar-refractivity contribution in [2.75, 3.05) is 31.8 Å². The molecule has 2 heterocycles. The maximum absolute atomic E-state index is 13.6. The molecule has 3 aromatic carbocycles. The third-order valence-corrected chi connectivity index (χ3v) is 6.60. The van der Waals surface area contributed by atoms with Crippen LogP contribution in [-0.4, -0.2) is 49.5 Å². The molecule has 1 saturated heterocycles. The van der Waals surface area contributed by atoms with Crippen LogP contribution >= 0.6 is 0 Å². The molecule has 194 valence electrons.